The summed E-state index contributed by atoms with van der Waals surface area (Å²) in [7, 11) is 0. The van der Waals surface area contributed by atoms with Gasteiger partial charge in [-0.25, -0.2) is 0 Å². The van der Waals surface area contributed by atoms with Gasteiger partial charge in [0.15, 0.2) is 0 Å². The van der Waals surface area contributed by atoms with Crippen LogP contribution >= 0.6 is 0 Å². The Kier molecular flexibility index (Phi) is 3.84. The molecule has 0 aliphatic heterocycles. The first-order valence-corrected chi connectivity index (χ1v) is 7.11. The molecule has 1 atom stereocenters. The second kappa shape index (κ2) is 5.94. The van der Waals surface area contributed by atoms with E-state index in [0.717, 1.165) is 22.5 Å². The molecule has 3 rings (SSSR count). The minimum absolute atomic E-state index is 0.434. The summed E-state index contributed by atoms with van der Waals surface area (Å²) in [6.45, 7) is 2.26. The van der Waals surface area contributed by atoms with E-state index in [-0.39, 0.29) is 0 Å². The summed E-state index contributed by atoms with van der Waals surface area (Å²) in [5, 5.41) is 14.3. The molecule has 0 bridgehead atoms. The predicted molar refractivity (Wildman–Crippen MR) is 84.8 cm³/mol. The molecule has 0 radical (unpaired) electrons. The molecule has 2 aromatic carbocycles. The van der Waals surface area contributed by atoms with Crippen LogP contribution in [0.2, 0.25) is 0 Å². The lowest BCUT2D eigenvalue weighted by Gasteiger charge is -2.09. The van der Waals surface area contributed by atoms with Gasteiger partial charge in [0.05, 0.1) is 24.0 Å². The number of hydrogen-bond acceptors (Lipinski definition) is 2. The van der Waals surface area contributed by atoms with Gasteiger partial charge in [0, 0.05) is 5.56 Å². The Morgan fingerprint density at radius 3 is 2.10 bits per heavy atom. The highest BCUT2D eigenvalue weighted by Crippen LogP contribution is 2.26. The third kappa shape index (κ3) is 3.03. The molecular formula is C18H18N2O. The largest absolute Gasteiger partial charge is 0.391 e. The average Bonchev–Trinajstić information content (AvgIpc) is 2.92. The second-order valence-electron chi connectivity index (χ2n) is 5.18. The first kappa shape index (κ1) is 13.6. The zero-order valence-electron chi connectivity index (χ0n) is 12.0. The summed E-state index contributed by atoms with van der Waals surface area (Å²) in [5.74, 6) is 0. The molecule has 3 nitrogen and oxygen atoms in total. The van der Waals surface area contributed by atoms with Crippen LogP contribution in [0, 0.1) is 0 Å². The van der Waals surface area contributed by atoms with Crippen LogP contribution in [0.1, 0.15) is 6.92 Å². The molecule has 0 aliphatic rings. The summed E-state index contributed by atoms with van der Waals surface area (Å²) in [6, 6.07) is 22.3. The van der Waals surface area contributed by atoms with E-state index in [0.29, 0.717) is 6.54 Å². The maximum atomic E-state index is 9.70. The highest BCUT2D eigenvalue weighted by atomic mass is 16.3. The van der Waals surface area contributed by atoms with Gasteiger partial charge in [-0.3, -0.25) is 4.68 Å². The quantitative estimate of drug-likeness (QED) is 0.792. The molecule has 0 spiro atoms. The lowest BCUT2D eigenvalue weighted by atomic mass is 10.1. The molecule has 1 unspecified atom stereocenters. The standard InChI is InChI=1S/C18H18N2O/c1-14(21)13-20-18(16-10-6-3-7-11-16)12-17(19-20)15-8-4-2-5-9-15/h2-12,14,21H,13H2,1H3. The molecule has 1 heterocycles. The van der Waals surface area contributed by atoms with Crippen LogP contribution in [0.15, 0.2) is 66.7 Å². The normalized spacial score (nSPS) is 12.3. The van der Waals surface area contributed by atoms with Crippen LogP contribution in [0.4, 0.5) is 0 Å². The second-order valence-corrected chi connectivity index (χ2v) is 5.18. The Balaban J connectivity index is 2.07. The molecule has 21 heavy (non-hydrogen) atoms. The van der Waals surface area contributed by atoms with E-state index in [1.54, 1.807) is 6.92 Å². The molecular weight excluding hydrogens is 260 g/mol. The monoisotopic (exact) mass is 278 g/mol. The average molecular weight is 278 g/mol. The van der Waals surface area contributed by atoms with Crippen LogP contribution in [-0.2, 0) is 6.54 Å². The van der Waals surface area contributed by atoms with Crippen molar-refractivity contribution in [3.05, 3.63) is 66.7 Å². The highest BCUT2D eigenvalue weighted by molar-refractivity contribution is 5.68. The number of aromatic nitrogens is 2. The molecule has 0 fully saturated rings. The molecule has 0 saturated heterocycles. The fourth-order valence-corrected chi connectivity index (χ4v) is 2.40. The molecule has 3 heteroatoms. The molecule has 0 saturated carbocycles. The van der Waals surface area contributed by atoms with E-state index in [9.17, 15) is 5.11 Å². The van der Waals surface area contributed by atoms with E-state index in [1.165, 1.54) is 0 Å². The molecule has 106 valence electrons. The Bertz CT molecular complexity index is 703. The summed E-state index contributed by atoms with van der Waals surface area (Å²) in [5.41, 5.74) is 4.14. The first-order chi connectivity index (χ1) is 10.2. The number of aliphatic hydroxyl groups excluding tert-OH is 1. The lowest BCUT2D eigenvalue weighted by molar-refractivity contribution is 0.169. The van der Waals surface area contributed by atoms with Crippen molar-refractivity contribution >= 4 is 0 Å². The van der Waals surface area contributed by atoms with Gasteiger partial charge in [-0.2, -0.15) is 5.10 Å². The Morgan fingerprint density at radius 2 is 1.52 bits per heavy atom. The number of nitrogens with zero attached hydrogens (tertiary/aromatic N) is 2. The number of aliphatic hydroxyl groups is 1. The van der Waals surface area contributed by atoms with Gasteiger partial charge in [0.1, 0.15) is 0 Å². The highest BCUT2D eigenvalue weighted by Gasteiger charge is 2.12. The zero-order valence-corrected chi connectivity index (χ0v) is 12.0. The fraction of sp³-hybridized carbons (Fsp3) is 0.167. The molecule has 0 amide bonds. The topological polar surface area (TPSA) is 38.0 Å². The van der Waals surface area contributed by atoms with Crippen LogP contribution in [-0.4, -0.2) is 21.0 Å². The predicted octanol–water partition coefficient (Wildman–Crippen LogP) is 3.60. The first-order valence-electron chi connectivity index (χ1n) is 7.11. The maximum absolute atomic E-state index is 9.70. The molecule has 3 aromatic rings. The molecule has 1 aromatic heterocycles. The van der Waals surface area contributed by atoms with Gasteiger partial charge in [0.25, 0.3) is 0 Å². The van der Waals surface area contributed by atoms with E-state index in [4.69, 9.17) is 0 Å². The van der Waals surface area contributed by atoms with Crippen LogP contribution in [0.25, 0.3) is 22.5 Å². The third-order valence-electron chi connectivity index (χ3n) is 3.36. The van der Waals surface area contributed by atoms with Crippen molar-refractivity contribution in [1.82, 2.24) is 9.78 Å². The summed E-state index contributed by atoms with van der Waals surface area (Å²) in [4.78, 5) is 0. The van der Waals surface area contributed by atoms with E-state index in [1.807, 2.05) is 53.2 Å². The lowest BCUT2D eigenvalue weighted by Crippen LogP contribution is -2.13. The summed E-state index contributed by atoms with van der Waals surface area (Å²) >= 11 is 0. The minimum atomic E-state index is -0.434. The van der Waals surface area contributed by atoms with Gasteiger partial charge in [-0.1, -0.05) is 60.7 Å². The number of benzene rings is 2. The molecule has 0 aliphatic carbocycles. The fourth-order valence-electron chi connectivity index (χ4n) is 2.40. The van der Waals surface area contributed by atoms with Crippen molar-refractivity contribution in [3.63, 3.8) is 0 Å². The minimum Gasteiger partial charge on any atom is -0.391 e. The van der Waals surface area contributed by atoms with E-state index in [2.05, 4.69) is 23.3 Å². The number of hydrogen-bond donors (Lipinski definition) is 1. The van der Waals surface area contributed by atoms with Crippen LogP contribution in [0.5, 0.6) is 0 Å². The van der Waals surface area contributed by atoms with Crippen molar-refractivity contribution in [2.24, 2.45) is 0 Å². The van der Waals surface area contributed by atoms with Gasteiger partial charge in [0.2, 0.25) is 0 Å². The van der Waals surface area contributed by atoms with Gasteiger partial charge in [-0.05, 0) is 18.6 Å². The van der Waals surface area contributed by atoms with Crippen LogP contribution < -0.4 is 0 Å². The van der Waals surface area contributed by atoms with Crippen LogP contribution in [0.3, 0.4) is 0 Å². The van der Waals surface area contributed by atoms with Gasteiger partial charge >= 0.3 is 0 Å². The Hall–Kier alpha value is -2.39. The van der Waals surface area contributed by atoms with Gasteiger partial charge in [-0.15, -0.1) is 0 Å². The number of rotatable bonds is 4. The summed E-state index contributed by atoms with van der Waals surface area (Å²) < 4.78 is 1.88. The third-order valence-corrected chi connectivity index (χ3v) is 3.36. The van der Waals surface area contributed by atoms with E-state index >= 15 is 0 Å². The Morgan fingerprint density at radius 1 is 0.952 bits per heavy atom. The summed E-state index contributed by atoms with van der Waals surface area (Å²) in [6.07, 6.45) is -0.434. The SMILES string of the molecule is CC(O)Cn1nc(-c2ccccc2)cc1-c1ccccc1. The maximum Gasteiger partial charge on any atom is 0.0929 e. The van der Waals surface area contributed by atoms with Crippen molar-refractivity contribution < 1.29 is 5.11 Å². The van der Waals surface area contributed by atoms with Crippen molar-refractivity contribution in [3.8, 4) is 22.5 Å². The Labute approximate surface area is 124 Å². The van der Waals surface area contributed by atoms with Crippen molar-refractivity contribution in [2.75, 3.05) is 0 Å². The van der Waals surface area contributed by atoms with Crippen molar-refractivity contribution in [1.29, 1.82) is 0 Å². The van der Waals surface area contributed by atoms with E-state index < -0.39 is 6.10 Å². The zero-order chi connectivity index (χ0) is 14.7. The smallest absolute Gasteiger partial charge is 0.0929 e. The molecule has 1 N–H and O–H groups in total. The van der Waals surface area contributed by atoms with Crippen molar-refractivity contribution in [2.45, 2.75) is 19.6 Å². The van der Waals surface area contributed by atoms with Gasteiger partial charge < -0.3 is 5.11 Å².